The molecule has 1 nitrogen and oxygen atoms in total. The van der Waals surface area contributed by atoms with E-state index in [1.54, 1.807) is 0 Å². The number of aldehydes is 1. The highest BCUT2D eigenvalue weighted by Crippen LogP contribution is 2.40. The van der Waals surface area contributed by atoms with Gasteiger partial charge >= 0.3 is 0 Å². The Labute approximate surface area is 142 Å². The van der Waals surface area contributed by atoms with Crippen LogP contribution in [0.2, 0.25) is 0 Å². The topological polar surface area (TPSA) is 17.1 Å². The highest BCUT2D eigenvalue weighted by molar-refractivity contribution is 5.75. The molecule has 1 rings (SSSR count). The lowest BCUT2D eigenvalue weighted by molar-refractivity contribution is -0.105. The zero-order valence-corrected chi connectivity index (χ0v) is 15.7. The van der Waals surface area contributed by atoms with E-state index in [2.05, 4.69) is 45.9 Å². The molecule has 0 atom stereocenters. The average Bonchev–Trinajstić information content (AvgIpc) is 2.47. The molecular formula is C22H32O. The highest BCUT2D eigenvalue weighted by Gasteiger charge is 2.26. The molecule has 0 amide bonds. The first-order chi connectivity index (χ1) is 10.8. The van der Waals surface area contributed by atoms with Gasteiger partial charge in [0.05, 0.1) is 0 Å². The van der Waals surface area contributed by atoms with Crippen molar-refractivity contribution in [3.8, 4) is 0 Å². The van der Waals surface area contributed by atoms with Crippen molar-refractivity contribution in [1.29, 1.82) is 0 Å². The normalized spacial score (nSPS) is 20.3. The standard InChI is InChI=1S/C22H32O/c1-7-20(16-23)18(3)11-8-10-17(2)13-14-21-19(4)12-9-15-22(21,5)6/h8,10-11,13-14,16H,7,9,12,15H2,1-6H3/b11-8?,14-13?,17-10-,20-18?. The lowest BCUT2D eigenvalue weighted by atomic mass is 9.72. The maximum atomic E-state index is 10.9. The summed E-state index contributed by atoms with van der Waals surface area (Å²) in [5.41, 5.74) is 6.44. The molecule has 0 aromatic heterocycles. The van der Waals surface area contributed by atoms with Gasteiger partial charge in [0.15, 0.2) is 0 Å². The number of allylic oxidation sites excluding steroid dienone is 10. The lowest BCUT2D eigenvalue weighted by Crippen LogP contribution is -2.19. The van der Waals surface area contributed by atoms with E-state index >= 15 is 0 Å². The van der Waals surface area contributed by atoms with Crippen molar-refractivity contribution < 1.29 is 4.79 Å². The van der Waals surface area contributed by atoms with Crippen LogP contribution in [0.4, 0.5) is 0 Å². The Morgan fingerprint density at radius 2 is 1.91 bits per heavy atom. The first kappa shape index (κ1) is 19.4. The molecule has 1 aliphatic carbocycles. The van der Waals surface area contributed by atoms with Gasteiger partial charge in [-0.25, -0.2) is 0 Å². The number of hydrogen-bond donors (Lipinski definition) is 0. The van der Waals surface area contributed by atoms with Gasteiger partial charge in [-0.05, 0) is 68.6 Å². The summed E-state index contributed by atoms with van der Waals surface area (Å²) in [5.74, 6) is 0. The van der Waals surface area contributed by atoms with E-state index in [0.717, 1.165) is 23.9 Å². The molecule has 1 heteroatoms. The summed E-state index contributed by atoms with van der Waals surface area (Å²) in [6, 6.07) is 0. The molecule has 1 aliphatic rings. The van der Waals surface area contributed by atoms with Gasteiger partial charge in [0.1, 0.15) is 6.29 Å². The van der Waals surface area contributed by atoms with Gasteiger partial charge in [-0.2, -0.15) is 0 Å². The second kappa shape index (κ2) is 8.86. The van der Waals surface area contributed by atoms with Crippen molar-refractivity contribution in [2.24, 2.45) is 5.41 Å². The molecule has 0 bridgehead atoms. The minimum Gasteiger partial charge on any atom is -0.298 e. The predicted octanol–water partition coefficient (Wildman–Crippen LogP) is 6.50. The van der Waals surface area contributed by atoms with Crippen molar-refractivity contribution in [2.45, 2.75) is 67.2 Å². The van der Waals surface area contributed by atoms with Crippen LogP contribution in [0.5, 0.6) is 0 Å². The molecule has 0 aliphatic heterocycles. The van der Waals surface area contributed by atoms with Crippen molar-refractivity contribution >= 4 is 6.29 Å². The first-order valence-corrected chi connectivity index (χ1v) is 8.70. The molecule has 0 fully saturated rings. The Balaban J connectivity index is 2.85. The maximum absolute atomic E-state index is 10.9. The van der Waals surface area contributed by atoms with Crippen LogP contribution in [-0.4, -0.2) is 6.29 Å². The zero-order chi connectivity index (χ0) is 17.5. The molecule has 0 aromatic rings. The molecule has 0 unspecified atom stereocenters. The van der Waals surface area contributed by atoms with E-state index in [1.165, 1.54) is 36.0 Å². The molecule has 0 saturated carbocycles. The minimum atomic E-state index is 0.286. The van der Waals surface area contributed by atoms with Crippen molar-refractivity contribution in [1.82, 2.24) is 0 Å². The summed E-state index contributed by atoms with van der Waals surface area (Å²) in [6.07, 6.45) is 16.2. The molecular weight excluding hydrogens is 280 g/mol. The summed E-state index contributed by atoms with van der Waals surface area (Å²) < 4.78 is 0. The fourth-order valence-corrected chi connectivity index (χ4v) is 3.19. The quantitative estimate of drug-likeness (QED) is 0.311. The van der Waals surface area contributed by atoms with E-state index < -0.39 is 0 Å². The van der Waals surface area contributed by atoms with Crippen LogP contribution >= 0.6 is 0 Å². The zero-order valence-electron chi connectivity index (χ0n) is 15.7. The molecule has 126 valence electrons. The van der Waals surface area contributed by atoms with Crippen LogP contribution in [0, 0.1) is 5.41 Å². The summed E-state index contributed by atoms with van der Waals surface area (Å²) >= 11 is 0. The van der Waals surface area contributed by atoms with Gasteiger partial charge in [0.25, 0.3) is 0 Å². The third-order valence-corrected chi connectivity index (χ3v) is 4.79. The molecule has 23 heavy (non-hydrogen) atoms. The van der Waals surface area contributed by atoms with Crippen molar-refractivity contribution in [3.05, 3.63) is 58.2 Å². The lowest BCUT2D eigenvalue weighted by Gasteiger charge is -2.32. The van der Waals surface area contributed by atoms with Gasteiger partial charge in [0.2, 0.25) is 0 Å². The molecule has 0 N–H and O–H groups in total. The van der Waals surface area contributed by atoms with Gasteiger partial charge in [-0.15, -0.1) is 0 Å². The van der Waals surface area contributed by atoms with Gasteiger partial charge in [-0.1, -0.05) is 62.3 Å². The van der Waals surface area contributed by atoms with Crippen LogP contribution in [-0.2, 0) is 4.79 Å². The monoisotopic (exact) mass is 312 g/mol. The van der Waals surface area contributed by atoms with Crippen LogP contribution in [0.25, 0.3) is 0 Å². The third-order valence-electron chi connectivity index (χ3n) is 4.79. The number of hydrogen-bond acceptors (Lipinski definition) is 1. The SMILES string of the molecule is CCC(C=O)=C(C)C=C/C=C(/C)C=CC1=C(C)CCCC1(C)C. The van der Waals surface area contributed by atoms with Gasteiger partial charge < -0.3 is 0 Å². The third kappa shape index (κ3) is 5.82. The largest absolute Gasteiger partial charge is 0.298 e. The molecule has 0 radical (unpaired) electrons. The fraction of sp³-hybridized carbons (Fsp3) is 0.500. The minimum absolute atomic E-state index is 0.286. The van der Waals surface area contributed by atoms with Crippen molar-refractivity contribution in [3.63, 3.8) is 0 Å². The van der Waals surface area contributed by atoms with E-state index in [4.69, 9.17) is 0 Å². The smallest absolute Gasteiger partial charge is 0.146 e. The van der Waals surface area contributed by atoms with E-state index in [-0.39, 0.29) is 5.41 Å². The Hall–Kier alpha value is -1.63. The van der Waals surface area contributed by atoms with Gasteiger partial charge in [-0.3, -0.25) is 4.79 Å². The van der Waals surface area contributed by atoms with Crippen molar-refractivity contribution in [2.75, 3.05) is 0 Å². The summed E-state index contributed by atoms with van der Waals surface area (Å²) in [6.45, 7) is 13.1. The Kier molecular flexibility index (Phi) is 7.48. The van der Waals surface area contributed by atoms with E-state index in [1.807, 2.05) is 26.0 Å². The highest BCUT2D eigenvalue weighted by atomic mass is 16.1. The van der Waals surface area contributed by atoms with E-state index in [0.29, 0.717) is 0 Å². The first-order valence-electron chi connectivity index (χ1n) is 8.70. The Morgan fingerprint density at radius 3 is 2.48 bits per heavy atom. The van der Waals surface area contributed by atoms with Crippen LogP contribution in [0.3, 0.4) is 0 Å². The average molecular weight is 312 g/mol. The number of rotatable bonds is 6. The predicted molar refractivity (Wildman–Crippen MR) is 101 cm³/mol. The second-order valence-corrected chi connectivity index (χ2v) is 7.21. The van der Waals surface area contributed by atoms with E-state index in [9.17, 15) is 4.79 Å². The Morgan fingerprint density at radius 1 is 1.22 bits per heavy atom. The molecule has 0 spiro atoms. The summed E-state index contributed by atoms with van der Waals surface area (Å²) in [4.78, 5) is 10.9. The Bertz CT molecular complexity index is 577. The fourth-order valence-electron chi connectivity index (χ4n) is 3.19. The van der Waals surface area contributed by atoms with Gasteiger partial charge in [0, 0.05) is 0 Å². The number of carbonyl (C=O) groups is 1. The molecule has 0 heterocycles. The molecule has 0 aromatic carbocycles. The van der Waals surface area contributed by atoms with Crippen LogP contribution < -0.4 is 0 Å². The summed E-state index contributed by atoms with van der Waals surface area (Å²) in [5, 5.41) is 0. The summed E-state index contributed by atoms with van der Waals surface area (Å²) in [7, 11) is 0. The molecule has 0 saturated heterocycles. The number of carbonyl (C=O) groups excluding carboxylic acids is 1. The van der Waals surface area contributed by atoms with Crippen LogP contribution in [0.15, 0.2) is 58.2 Å². The maximum Gasteiger partial charge on any atom is 0.146 e. The second-order valence-electron chi connectivity index (χ2n) is 7.21. The van der Waals surface area contributed by atoms with Crippen LogP contribution in [0.1, 0.15) is 67.2 Å².